The van der Waals surface area contributed by atoms with E-state index in [4.69, 9.17) is 4.74 Å². The lowest BCUT2D eigenvalue weighted by Crippen LogP contribution is -2.33. The molecule has 7 nitrogen and oxygen atoms in total. The summed E-state index contributed by atoms with van der Waals surface area (Å²) in [7, 11) is 1.59. The van der Waals surface area contributed by atoms with Crippen molar-refractivity contribution in [3.05, 3.63) is 89.9 Å². The van der Waals surface area contributed by atoms with E-state index in [1.54, 1.807) is 7.11 Å². The van der Waals surface area contributed by atoms with Crippen molar-refractivity contribution in [3.63, 3.8) is 0 Å². The van der Waals surface area contributed by atoms with Crippen LogP contribution in [0.3, 0.4) is 0 Å². The largest absolute Gasteiger partial charge is 0.495 e. The van der Waals surface area contributed by atoms with Gasteiger partial charge in [-0.2, -0.15) is 0 Å². The number of pyridine rings is 1. The van der Waals surface area contributed by atoms with Crippen LogP contribution in [-0.4, -0.2) is 27.6 Å². The monoisotopic (exact) mass is 401 g/mol. The molecule has 0 aliphatic rings. The lowest BCUT2D eigenvalue weighted by Gasteiger charge is -2.20. The van der Waals surface area contributed by atoms with E-state index in [2.05, 4.69) is 20.8 Å². The zero-order valence-corrected chi connectivity index (χ0v) is 16.9. The van der Waals surface area contributed by atoms with Gasteiger partial charge in [-0.3, -0.25) is 14.5 Å². The molecule has 1 atom stereocenters. The number of nitrogens with zero attached hydrogens (tertiary/aromatic N) is 3. The van der Waals surface area contributed by atoms with Gasteiger partial charge in [0.2, 0.25) is 5.91 Å². The molecule has 152 valence electrons. The van der Waals surface area contributed by atoms with Crippen molar-refractivity contribution in [2.75, 3.05) is 12.4 Å². The minimum Gasteiger partial charge on any atom is -0.495 e. The minimum absolute atomic E-state index is 0.182. The van der Waals surface area contributed by atoms with Crippen molar-refractivity contribution in [2.24, 2.45) is 0 Å². The maximum atomic E-state index is 13.2. The third-order valence-electron chi connectivity index (χ3n) is 4.86. The molecule has 7 heteroatoms. The van der Waals surface area contributed by atoms with Crippen LogP contribution in [-0.2, 0) is 11.3 Å². The van der Waals surface area contributed by atoms with Gasteiger partial charge in [0, 0.05) is 6.20 Å². The Morgan fingerprint density at radius 1 is 1.07 bits per heavy atom. The molecule has 0 bridgehead atoms. The van der Waals surface area contributed by atoms with Crippen LogP contribution in [0.15, 0.2) is 72.9 Å². The van der Waals surface area contributed by atoms with E-state index in [-0.39, 0.29) is 5.91 Å². The molecular formula is C23H23N5O2. The smallest absolute Gasteiger partial charge is 0.246 e. The first-order valence-electron chi connectivity index (χ1n) is 9.68. The number of hydrogen-bond donors (Lipinski definition) is 2. The number of anilines is 1. The molecule has 0 saturated carbocycles. The van der Waals surface area contributed by atoms with E-state index in [1.807, 2.05) is 84.3 Å². The van der Waals surface area contributed by atoms with E-state index in [1.165, 1.54) is 0 Å². The second kappa shape index (κ2) is 8.75. The van der Waals surface area contributed by atoms with E-state index in [0.29, 0.717) is 18.0 Å². The number of carbonyl (C=O) groups is 1. The summed E-state index contributed by atoms with van der Waals surface area (Å²) < 4.78 is 7.30. The Kier molecular flexibility index (Phi) is 5.72. The molecule has 0 radical (unpaired) electrons. The van der Waals surface area contributed by atoms with Gasteiger partial charge in [-0.25, -0.2) is 0 Å². The van der Waals surface area contributed by atoms with E-state index in [0.717, 1.165) is 22.6 Å². The highest BCUT2D eigenvalue weighted by molar-refractivity contribution is 5.96. The molecule has 0 fully saturated rings. The summed E-state index contributed by atoms with van der Waals surface area (Å²) in [4.78, 5) is 13.2. The highest BCUT2D eigenvalue weighted by atomic mass is 16.5. The molecule has 0 aliphatic heterocycles. The predicted molar refractivity (Wildman–Crippen MR) is 115 cm³/mol. The first-order valence-corrected chi connectivity index (χ1v) is 9.68. The lowest BCUT2D eigenvalue weighted by molar-refractivity contribution is -0.118. The van der Waals surface area contributed by atoms with E-state index in [9.17, 15) is 4.79 Å². The Morgan fingerprint density at radius 2 is 1.87 bits per heavy atom. The number of fused-ring (bicyclic) bond motifs is 1. The van der Waals surface area contributed by atoms with Crippen molar-refractivity contribution in [3.8, 4) is 5.75 Å². The fourth-order valence-corrected chi connectivity index (χ4v) is 3.34. The number of amides is 1. The molecule has 2 heterocycles. The molecule has 0 spiro atoms. The Bertz CT molecular complexity index is 1160. The van der Waals surface area contributed by atoms with Crippen LogP contribution >= 0.6 is 0 Å². The third kappa shape index (κ3) is 4.16. The minimum atomic E-state index is -0.576. The van der Waals surface area contributed by atoms with Crippen molar-refractivity contribution in [1.82, 2.24) is 19.9 Å². The van der Waals surface area contributed by atoms with Gasteiger partial charge in [-0.05, 0) is 42.3 Å². The van der Waals surface area contributed by atoms with Crippen LogP contribution in [0.25, 0.3) is 5.65 Å². The number of rotatable bonds is 7. The summed E-state index contributed by atoms with van der Waals surface area (Å²) in [6, 6.07) is 20.4. The summed E-state index contributed by atoms with van der Waals surface area (Å²) in [5.74, 6) is 1.16. The van der Waals surface area contributed by atoms with E-state index >= 15 is 0 Å². The van der Waals surface area contributed by atoms with Crippen LogP contribution in [0.4, 0.5) is 5.69 Å². The Balaban J connectivity index is 1.59. The van der Waals surface area contributed by atoms with Crippen LogP contribution in [0.5, 0.6) is 5.75 Å². The highest BCUT2D eigenvalue weighted by Crippen LogP contribution is 2.26. The second-order valence-electron chi connectivity index (χ2n) is 6.96. The average molecular weight is 401 g/mol. The van der Waals surface area contributed by atoms with Gasteiger partial charge in [0.1, 0.15) is 11.8 Å². The molecule has 4 aromatic rings. The molecule has 0 aliphatic carbocycles. The van der Waals surface area contributed by atoms with Gasteiger partial charge >= 0.3 is 0 Å². The Labute approximate surface area is 174 Å². The zero-order valence-electron chi connectivity index (χ0n) is 16.9. The Hall–Kier alpha value is -3.71. The molecule has 4 rings (SSSR count). The predicted octanol–water partition coefficient (Wildman–Crippen LogP) is 3.52. The van der Waals surface area contributed by atoms with Crippen molar-refractivity contribution < 1.29 is 9.53 Å². The number of nitrogens with one attached hydrogen (secondary N) is 2. The Morgan fingerprint density at radius 3 is 2.67 bits per heavy atom. The van der Waals surface area contributed by atoms with Crippen molar-refractivity contribution in [2.45, 2.75) is 19.5 Å². The molecule has 30 heavy (non-hydrogen) atoms. The molecule has 0 saturated heterocycles. The maximum Gasteiger partial charge on any atom is 0.246 e. The SMILES string of the molecule is COc1ccc(C)cc1NC(=O)[C@@H](NCc1nnc2ccccn12)c1ccccc1. The van der Waals surface area contributed by atoms with E-state index < -0.39 is 6.04 Å². The van der Waals surface area contributed by atoms with Crippen LogP contribution in [0.1, 0.15) is 23.0 Å². The number of carbonyl (C=O) groups excluding carboxylic acids is 1. The molecule has 1 amide bonds. The topological polar surface area (TPSA) is 80.5 Å². The summed E-state index contributed by atoms with van der Waals surface area (Å²) in [5, 5.41) is 14.7. The van der Waals surface area contributed by atoms with Crippen molar-refractivity contribution >= 4 is 17.2 Å². The molecular weight excluding hydrogens is 378 g/mol. The fourth-order valence-electron chi connectivity index (χ4n) is 3.34. The lowest BCUT2D eigenvalue weighted by atomic mass is 10.1. The van der Waals surface area contributed by atoms with Crippen LogP contribution in [0, 0.1) is 6.92 Å². The van der Waals surface area contributed by atoms with Crippen molar-refractivity contribution in [1.29, 1.82) is 0 Å². The normalized spacial score (nSPS) is 11.9. The standard InChI is InChI=1S/C23H23N5O2/c1-16-11-12-19(30-2)18(14-16)25-23(29)22(17-8-4-3-5-9-17)24-15-21-27-26-20-10-6-7-13-28(20)21/h3-14,22,24H,15H2,1-2H3,(H,25,29)/t22-/m0/s1. The summed E-state index contributed by atoms with van der Waals surface area (Å²) in [5.41, 5.74) is 3.29. The zero-order chi connectivity index (χ0) is 20.9. The number of benzene rings is 2. The molecule has 2 N–H and O–H groups in total. The number of hydrogen-bond acceptors (Lipinski definition) is 5. The maximum absolute atomic E-state index is 13.2. The van der Waals surface area contributed by atoms with Gasteiger partial charge in [-0.1, -0.05) is 42.5 Å². The summed E-state index contributed by atoms with van der Waals surface area (Å²) >= 11 is 0. The van der Waals surface area contributed by atoms with Gasteiger partial charge in [-0.15, -0.1) is 10.2 Å². The third-order valence-corrected chi connectivity index (χ3v) is 4.86. The van der Waals surface area contributed by atoms with Gasteiger partial charge in [0.15, 0.2) is 11.5 Å². The first-order chi connectivity index (χ1) is 14.7. The van der Waals surface area contributed by atoms with Gasteiger partial charge in [0.05, 0.1) is 19.3 Å². The van der Waals surface area contributed by atoms with Gasteiger partial charge in [0.25, 0.3) is 0 Å². The van der Waals surface area contributed by atoms with Crippen LogP contribution in [0.2, 0.25) is 0 Å². The first kappa shape index (κ1) is 19.6. The van der Waals surface area contributed by atoms with Crippen LogP contribution < -0.4 is 15.4 Å². The number of methoxy groups -OCH3 is 1. The quantitative estimate of drug-likeness (QED) is 0.495. The average Bonchev–Trinajstić information content (AvgIpc) is 3.18. The summed E-state index contributed by atoms with van der Waals surface area (Å²) in [6.45, 7) is 2.35. The number of aromatic nitrogens is 3. The fraction of sp³-hybridized carbons (Fsp3) is 0.174. The van der Waals surface area contributed by atoms with Gasteiger partial charge < -0.3 is 10.1 Å². The number of aryl methyl sites for hydroxylation is 1. The molecule has 0 unspecified atom stereocenters. The second-order valence-corrected chi connectivity index (χ2v) is 6.96. The molecule has 2 aromatic heterocycles. The molecule has 2 aromatic carbocycles. The highest BCUT2D eigenvalue weighted by Gasteiger charge is 2.22. The number of ether oxygens (including phenoxy) is 1. The summed E-state index contributed by atoms with van der Waals surface area (Å²) in [6.07, 6.45) is 1.90.